The summed E-state index contributed by atoms with van der Waals surface area (Å²) >= 11 is 0. The molecule has 0 aliphatic rings. The number of carbonyl (C=O) groups excluding carboxylic acids is 2. The number of likely N-dealkylation sites (N-methyl/N-ethyl adjacent to an activating group) is 1. The van der Waals surface area contributed by atoms with Crippen LogP contribution in [0, 0.1) is 5.82 Å². The predicted octanol–water partition coefficient (Wildman–Crippen LogP) is 3.86. The van der Waals surface area contributed by atoms with Crippen molar-refractivity contribution in [1.82, 2.24) is 9.62 Å². The SMILES string of the molecule is COCC(C)(C)NS(=O)(=O)c1ccc(NC(=O)[C@H](Cc2ccccc2)N(C)C(=O)c2ccc(F)cc2)cc1OC. The molecule has 0 heterocycles. The molecule has 0 unspecified atom stereocenters. The lowest BCUT2D eigenvalue weighted by atomic mass is 10.0. The van der Waals surface area contributed by atoms with Crippen molar-refractivity contribution in [2.45, 2.75) is 36.7 Å². The van der Waals surface area contributed by atoms with E-state index in [-0.39, 0.29) is 34.9 Å². The van der Waals surface area contributed by atoms with Crippen molar-refractivity contribution in [2.75, 3.05) is 33.2 Å². The van der Waals surface area contributed by atoms with Crippen LogP contribution in [0.4, 0.5) is 10.1 Å². The highest BCUT2D eigenvalue weighted by atomic mass is 32.2. The van der Waals surface area contributed by atoms with Crippen LogP contribution in [0.2, 0.25) is 0 Å². The molecular formula is C29H34FN3O6S. The molecule has 0 saturated heterocycles. The highest BCUT2D eigenvalue weighted by molar-refractivity contribution is 7.89. The first-order chi connectivity index (χ1) is 18.9. The van der Waals surface area contributed by atoms with E-state index in [0.717, 1.165) is 5.56 Å². The number of carbonyl (C=O) groups is 2. The van der Waals surface area contributed by atoms with Crippen LogP contribution in [0.25, 0.3) is 0 Å². The number of rotatable bonds is 12. The van der Waals surface area contributed by atoms with Gasteiger partial charge in [0.2, 0.25) is 15.9 Å². The summed E-state index contributed by atoms with van der Waals surface area (Å²) in [6.07, 6.45) is 0.207. The van der Waals surface area contributed by atoms with Crippen molar-refractivity contribution in [3.63, 3.8) is 0 Å². The van der Waals surface area contributed by atoms with Crippen LogP contribution < -0.4 is 14.8 Å². The number of nitrogens with one attached hydrogen (secondary N) is 2. The van der Waals surface area contributed by atoms with Crippen molar-refractivity contribution in [3.8, 4) is 5.75 Å². The highest BCUT2D eigenvalue weighted by Gasteiger charge is 2.30. The Morgan fingerprint density at radius 2 is 1.65 bits per heavy atom. The summed E-state index contributed by atoms with van der Waals surface area (Å²) in [6, 6.07) is 17.5. The van der Waals surface area contributed by atoms with Gasteiger partial charge in [-0.2, -0.15) is 0 Å². The summed E-state index contributed by atoms with van der Waals surface area (Å²) in [5.41, 5.74) is 0.454. The number of nitrogens with zero attached hydrogens (tertiary/aromatic N) is 1. The Bertz CT molecular complexity index is 1430. The molecule has 9 nitrogen and oxygen atoms in total. The van der Waals surface area contributed by atoms with Crippen LogP contribution in [0.1, 0.15) is 29.8 Å². The quantitative estimate of drug-likeness (QED) is 0.341. The second kappa shape index (κ2) is 13.0. The van der Waals surface area contributed by atoms with E-state index >= 15 is 0 Å². The van der Waals surface area contributed by atoms with Gasteiger partial charge in [-0.1, -0.05) is 30.3 Å². The molecule has 3 rings (SSSR count). The summed E-state index contributed by atoms with van der Waals surface area (Å²) < 4.78 is 52.6. The molecule has 0 aliphatic carbocycles. The average Bonchev–Trinajstić information content (AvgIpc) is 2.91. The van der Waals surface area contributed by atoms with Crippen LogP contribution in [0.15, 0.2) is 77.7 Å². The molecule has 0 aliphatic heterocycles. The maximum atomic E-state index is 13.5. The third kappa shape index (κ3) is 7.87. The molecule has 2 amide bonds. The zero-order valence-electron chi connectivity index (χ0n) is 23.1. The van der Waals surface area contributed by atoms with E-state index < -0.39 is 39.2 Å². The Morgan fingerprint density at radius 1 is 1.00 bits per heavy atom. The molecule has 214 valence electrons. The molecule has 0 aromatic heterocycles. The zero-order valence-corrected chi connectivity index (χ0v) is 23.9. The number of methoxy groups -OCH3 is 2. The fraction of sp³-hybridized carbons (Fsp3) is 0.310. The molecule has 3 aromatic rings. The number of ether oxygens (including phenoxy) is 2. The fourth-order valence-corrected chi connectivity index (χ4v) is 5.73. The van der Waals surface area contributed by atoms with Gasteiger partial charge in [0.25, 0.3) is 5.91 Å². The molecule has 0 fully saturated rings. The normalized spacial score (nSPS) is 12.4. The number of benzene rings is 3. The van der Waals surface area contributed by atoms with Gasteiger partial charge in [-0.05, 0) is 55.8 Å². The third-order valence-corrected chi connectivity index (χ3v) is 7.83. The number of sulfonamides is 1. The van der Waals surface area contributed by atoms with E-state index in [0.29, 0.717) is 0 Å². The molecule has 0 bridgehead atoms. The third-order valence-electron chi connectivity index (χ3n) is 6.09. The first-order valence-electron chi connectivity index (χ1n) is 12.5. The minimum Gasteiger partial charge on any atom is -0.495 e. The molecule has 1 atom stereocenters. The maximum absolute atomic E-state index is 13.5. The number of amides is 2. The Morgan fingerprint density at radius 3 is 2.25 bits per heavy atom. The van der Waals surface area contributed by atoms with E-state index in [1.165, 1.54) is 68.6 Å². The number of hydrogen-bond acceptors (Lipinski definition) is 6. The number of hydrogen-bond donors (Lipinski definition) is 2. The minimum atomic E-state index is -3.99. The van der Waals surface area contributed by atoms with Crippen molar-refractivity contribution in [1.29, 1.82) is 0 Å². The van der Waals surface area contributed by atoms with Gasteiger partial charge in [0, 0.05) is 37.9 Å². The first-order valence-corrected chi connectivity index (χ1v) is 13.9. The lowest BCUT2D eigenvalue weighted by Gasteiger charge is -2.28. The smallest absolute Gasteiger partial charge is 0.254 e. The van der Waals surface area contributed by atoms with Crippen LogP contribution in [0.5, 0.6) is 5.75 Å². The van der Waals surface area contributed by atoms with Gasteiger partial charge in [-0.25, -0.2) is 17.5 Å². The largest absolute Gasteiger partial charge is 0.495 e. The second-order valence-corrected chi connectivity index (χ2v) is 11.6. The van der Waals surface area contributed by atoms with E-state index in [1.807, 2.05) is 30.3 Å². The molecule has 2 N–H and O–H groups in total. The van der Waals surface area contributed by atoms with Crippen LogP contribution in [0.3, 0.4) is 0 Å². The van der Waals surface area contributed by atoms with Crippen LogP contribution in [-0.4, -0.2) is 64.6 Å². The van der Waals surface area contributed by atoms with Crippen LogP contribution >= 0.6 is 0 Å². The number of halogens is 1. The zero-order chi connectivity index (χ0) is 29.5. The van der Waals surface area contributed by atoms with Gasteiger partial charge in [0.15, 0.2) is 0 Å². The Balaban J connectivity index is 1.89. The van der Waals surface area contributed by atoms with Crippen molar-refractivity contribution < 1.29 is 31.9 Å². The Kier molecular flexibility index (Phi) is 10.0. The standard InChI is InChI=1S/C29H34FN3O6S/c1-29(2,19-38-4)32-40(36,37)26-16-15-23(18-25(26)39-5)31-27(34)24(17-20-9-7-6-8-10-20)33(3)28(35)21-11-13-22(30)14-12-21/h6-16,18,24,32H,17,19H2,1-5H3,(H,31,34)/t24-/m0/s1. The summed E-state index contributed by atoms with van der Waals surface area (Å²) in [7, 11) is 0.315. The average molecular weight is 572 g/mol. The van der Waals surface area contributed by atoms with Crippen molar-refractivity contribution in [2.24, 2.45) is 0 Å². The fourth-order valence-electron chi connectivity index (χ4n) is 4.18. The van der Waals surface area contributed by atoms with Gasteiger partial charge >= 0.3 is 0 Å². The second-order valence-electron chi connectivity index (χ2n) is 9.91. The highest BCUT2D eigenvalue weighted by Crippen LogP contribution is 2.29. The molecule has 40 heavy (non-hydrogen) atoms. The Hall–Kier alpha value is -3.80. The molecule has 0 saturated carbocycles. The summed E-state index contributed by atoms with van der Waals surface area (Å²) in [5.74, 6) is -1.41. The Labute approximate surface area is 234 Å². The van der Waals surface area contributed by atoms with Gasteiger partial charge in [0.05, 0.1) is 19.3 Å². The summed E-state index contributed by atoms with van der Waals surface area (Å²) in [4.78, 5) is 27.9. The molecule has 3 aromatic carbocycles. The molecule has 0 radical (unpaired) electrons. The lowest BCUT2D eigenvalue weighted by molar-refractivity contribution is -0.120. The molecular weight excluding hydrogens is 537 g/mol. The van der Waals surface area contributed by atoms with Crippen molar-refractivity contribution >= 4 is 27.5 Å². The monoisotopic (exact) mass is 571 g/mol. The van der Waals surface area contributed by atoms with E-state index in [2.05, 4.69) is 10.0 Å². The van der Waals surface area contributed by atoms with E-state index in [1.54, 1.807) is 13.8 Å². The van der Waals surface area contributed by atoms with E-state index in [4.69, 9.17) is 9.47 Å². The maximum Gasteiger partial charge on any atom is 0.254 e. The van der Waals surface area contributed by atoms with Gasteiger partial charge in [-0.15, -0.1) is 0 Å². The summed E-state index contributed by atoms with van der Waals surface area (Å²) in [6.45, 7) is 3.52. The van der Waals surface area contributed by atoms with Gasteiger partial charge in [0.1, 0.15) is 22.5 Å². The lowest BCUT2D eigenvalue weighted by Crippen LogP contribution is -2.46. The molecule has 11 heteroatoms. The van der Waals surface area contributed by atoms with Gasteiger partial charge in [-0.3, -0.25) is 9.59 Å². The number of anilines is 1. The van der Waals surface area contributed by atoms with Gasteiger partial charge < -0.3 is 19.7 Å². The van der Waals surface area contributed by atoms with Crippen LogP contribution in [-0.2, 0) is 26.0 Å². The minimum absolute atomic E-state index is 0.0221. The summed E-state index contributed by atoms with van der Waals surface area (Å²) in [5, 5.41) is 2.77. The van der Waals surface area contributed by atoms with Crippen molar-refractivity contribution in [3.05, 3.63) is 89.7 Å². The topological polar surface area (TPSA) is 114 Å². The van der Waals surface area contributed by atoms with E-state index in [9.17, 15) is 22.4 Å². The first kappa shape index (κ1) is 30.7. The molecule has 0 spiro atoms. The predicted molar refractivity (Wildman–Crippen MR) is 150 cm³/mol.